The molecule has 2 aromatic carbocycles. The van der Waals surface area contributed by atoms with Crippen LogP contribution in [0.2, 0.25) is 0 Å². The third-order valence-corrected chi connectivity index (χ3v) is 8.57. The number of aromatic hydroxyl groups is 1. The van der Waals surface area contributed by atoms with Crippen molar-refractivity contribution in [3.63, 3.8) is 0 Å². The second-order valence-corrected chi connectivity index (χ2v) is 12.7. The smallest absolute Gasteiger partial charge is 0.163 e. The Kier molecular flexibility index (Phi) is 15.1. The number of unbranched alkanes of at least 4 members (excludes halogenated alkanes) is 2. The summed E-state index contributed by atoms with van der Waals surface area (Å²) in [5.74, 6) is 1.11. The van der Waals surface area contributed by atoms with Crippen molar-refractivity contribution in [1.29, 1.82) is 0 Å². The van der Waals surface area contributed by atoms with Crippen molar-refractivity contribution in [2.24, 2.45) is 5.92 Å². The summed E-state index contributed by atoms with van der Waals surface area (Å²) in [6.07, 6.45) is 11.1. The van der Waals surface area contributed by atoms with Crippen LogP contribution in [0.3, 0.4) is 0 Å². The van der Waals surface area contributed by atoms with Crippen LogP contribution in [0.4, 0.5) is 5.82 Å². The van der Waals surface area contributed by atoms with E-state index in [9.17, 15) is 14.7 Å². The minimum Gasteiger partial charge on any atom is -0.504 e. The molecule has 4 N–H and O–H groups in total. The van der Waals surface area contributed by atoms with Crippen LogP contribution in [0, 0.1) is 19.8 Å². The second kappa shape index (κ2) is 19.0. The van der Waals surface area contributed by atoms with Crippen molar-refractivity contribution in [2.45, 2.75) is 78.6 Å². The standard InChI is InChI=1S/C39H53N3O5/c1-26(24-41-4)10-8-7-9-11-34(43)23-35(44)13-12-30-22-38(47-6)37(45)21-31(30)18-29-19-33(39(40)42-25-29)20-32-17-27(2)16-28(3)36(32)14-15-46-5/h12-13,16-17,19,21-22,25-26,41,45H,7-11,14-15,18,20,23-24H2,1-6H3,(H2,40,42). The minimum atomic E-state index is -0.246. The van der Waals surface area contributed by atoms with Gasteiger partial charge >= 0.3 is 0 Å². The zero-order valence-corrected chi connectivity index (χ0v) is 29.1. The van der Waals surface area contributed by atoms with Crippen LogP contribution in [0.15, 0.2) is 42.6 Å². The average molecular weight is 644 g/mol. The summed E-state index contributed by atoms with van der Waals surface area (Å²) in [6.45, 7) is 8.07. The Balaban J connectivity index is 1.74. The molecule has 8 heteroatoms. The largest absolute Gasteiger partial charge is 0.504 e. The number of hydrogen-bond acceptors (Lipinski definition) is 8. The van der Waals surface area contributed by atoms with Crippen molar-refractivity contribution in [1.82, 2.24) is 10.3 Å². The molecule has 0 saturated carbocycles. The molecule has 0 saturated heterocycles. The summed E-state index contributed by atoms with van der Waals surface area (Å²) in [5.41, 5.74) is 14.6. The number of phenols is 1. The van der Waals surface area contributed by atoms with Crippen LogP contribution in [-0.4, -0.2) is 56.1 Å². The molecule has 0 aliphatic carbocycles. The maximum Gasteiger partial charge on any atom is 0.163 e. The fraction of sp³-hybridized carbons (Fsp3) is 0.462. The average Bonchev–Trinajstić information content (AvgIpc) is 3.01. The number of benzene rings is 2. The zero-order valence-electron chi connectivity index (χ0n) is 29.1. The molecule has 0 bridgehead atoms. The fourth-order valence-electron chi connectivity index (χ4n) is 6.10. The van der Waals surface area contributed by atoms with Crippen LogP contribution in [-0.2, 0) is 33.6 Å². The Bertz CT molecular complexity index is 1530. The van der Waals surface area contributed by atoms with E-state index in [-0.39, 0.29) is 23.7 Å². The molecule has 0 spiro atoms. The van der Waals surface area contributed by atoms with Crippen molar-refractivity contribution in [3.8, 4) is 11.5 Å². The number of ether oxygens (including phenoxy) is 2. The lowest BCUT2D eigenvalue weighted by Crippen LogP contribution is -2.15. The van der Waals surface area contributed by atoms with Crippen LogP contribution in [0.25, 0.3) is 6.08 Å². The summed E-state index contributed by atoms with van der Waals surface area (Å²) >= 11 is 0. The quantitative estimate of drug-likeness (QED) is 0.0705. The number of nitrogens with one attached hydrogen (secondary N) is 1. The number of hydrogen-bond donors (Lipinski definition) is 3. The Morgan fingerprint density at radius 1 is 1.02 bits per heavy atom. The molecule has 3 rings (SSSR count). The van der Waals surface area contributed by atoms with Crippen molar-refractivity contribution in [2.75, 3.05) is 40.2 Å². The van der Waals surface area contributed by atoms with E-state index in [1.807, 2.05) is 7.05 Å². The molecule has 47 heavy (non-hydrogen) atoms. The lowest BCUT2D eigenvalue weighted by atomic mass is 9.91. The summed E-state index contributed by atoms with van der Waals surface area (Å²) in [4.78, 5) is 29.7. The highest BCUT2D eigenvalue weighted by Gasteiger charge is 2.15. The first-order valence-corrected chi connectivity index (χ1v) is 16.6. The Morgan fingerprint density at radius 3 is 2.53 bits per heavy atom. The van der Waals surface area contributed by atoms with Gasteiger partial charge in [-0.2, -0.15) is 0 Å². The number of methoxy groups -OCH3 is 2. The normalized spacial score (nSPS) is 12.0. The van der Waals surface area contributed by atoms with Gasteiger partial charge in [0.05, 0.1) is 20.1 Å². The number of nitrogen functional groups attached to an aromatic ring is 1. The topological polar surface area (TPSA) is 124 Å². The molecule has 8 nitrogen and oxygen atoms in total. The minimum absolute atomic E-state index is 0.00292. The Labute approximate surface area is 280 Å². The number of Topliss-reactive ketones (excluding diaryl/α,β-unsaturated/α-hetero) is 1. The number of aryl methyl sites for hydroxylation is 2. The third-order valence-electron chi connectivity index (χ3n) is 8.57. The van der Waals surface area contributed by atoms with E-state index in [0.29, 0.717) is 48.9 Å². The molecule has 3 aromatic rings. The molecule has 254 valence electrons. The molecule has 0 amide bonds. The van der Waals surface area contributed by atoms with Crippen LogP contribution >= 0.6 is 0 Å². The summed E-state index contributed by atoms with van der Waals surface area (Å²) in [6, 6.07) is 9.79. The maximum atomic E-state index is 12.7. The van der Waals surface area contributed by atoms with Gasteiger partial charge in [-0.05, 0) is 122 Å². The lowest BCUT2D eigenvalue weighted by molar-refractivity contribution is -0.124. The number of carbonyl (C=O) groups excluding carboxylic acids is 2. The first-order valence-electron chi connectivity index (χ1n) is 16.6. The van der Waals surface area contributed by atoms with Gasteiger partial charge in [-0.15, -0.1) is 0 Å². The van der Waals surface area contributed by atoms with Crippen molar-refractivity contribution < 1.29 is 24.2 Å². The van der Waals surface area contributed by atoms with Crippen molar-refractivity contribution >= 4 is 23.5 Å². The molecule has 0 fully saturated rings. The third kappa shape index (κ3) is 11.9. The molecular weight excluding hydrogens is 590 g/mol. The van der Waals surface area contributed by atoms with Gasteiger partial charge in [0, 0.05) is 26.1 Å². The molecule has 1 unspecified atom stereocenters. The molecule has 0 aliphatic rings. The molecule has 0 aliphatic heterocycles. The summed E-state index contributed by atoms with van der Waals surface area (Å²) in [7, 11) is 5.15. The molecule has 1 atom stereocenters. The maximum absolute atomic E-state index is 12.7. The van der Waals surface area contributed by atoms with Gasteiger partial charge in [0.1, 0.15) is 11.6 Å². The van der Waals surface area contributed by atoms with E-state index in [0.717, 1.165) is 55.3 Å². The number of ketones is 2. The zero-order chi connectivity index (χ0) is 34.3. The van der Waals surface area contributed by atoms with Gasteiger partial charge in [-0.25, -0.2) is 4.98 Å². The highest BCUT2D eigenvalue weighted by Crippen LogP contribution is 2.32. The van der Waals surface area contributed by atoms with E-state index in [2.05, 4.69) is 49.3 Å². The van der Waals surface area contributed by atoms with Gasteiger partial charge in [-0.3, -0.25) is 9.59 Å². The molecule has 0 radical (unpaired) electrons. The molecule has 1 heterocycles. The number of aromatic nitrogens is 1. The van der Waals surface area contributed by atoms with E-state index >= 15 is 0 Å². The van der Waals surface area contributed by atoms with Crippen LogP contribution in [0.1, 0.15) is 90.0 Å². The Morgan fingerprint density at radius 2 is 1.81 bits per heavy atom. The number of allylic oxidation sites excluding steroid dienone is 1. The van der Waals surface area contributed by atoms with Gasteiger partial charge in [0.15, 0.2) is 17.3 Å². The fourth-order valence-corrected chi connectivity index (χ4v) is 6.10. The number of anilines is 1. The van der Waals surface area contributed by atoms with Gasteiger partial charge in [0.2, 0.25) is 0 Å². The molecular formula is C39H53N3O5. The summed E-state index contributed by atoms with van der Waals surface area (Å²) in [5, 5.41) is 13.8. The summed E-state index contributed by atoms with van der Waals surface area (Å²) < 4.78 is 10.7. The first-order chi connectivity index (χ1) is 22.5. The van der Waals surface area contributed by atoms with E-state index in [1.165, 1.54) is 35.4 Å². The predicted molar refractivity (Wildman–Crippen MR) is 190 cm³/mol. The first kappa shape index (κ1) is 37.4. The van der Waals surface area contributed by atoms with Crippen molar-refractivity contribution in [3.05, 3.63) is 87.1 Å². The van der Waals surface area contributed by atoms with E-state index in [4.69, 9.17) is 15.2 Å². The van der Waals surface area contributed by atoms with Gasteiger partial charge < -0.3 is 25.6 Å². The van der Waals surface area contributed by atoms with Crippen LogP contribution in [0.5, 0.6) is 11.5 Å². The number of pyridine rings is 1. The molecule has 1 aromatic heterocycles. The van der Waals surface area contributed by atoms with E-state index < -0.39 is 0 Å². The Hall–Kier alpha value is -4.01. The van der Waals surface area contributed by atoms with Crippen LogP contribution < -0.4 is 15.8 Å². The number of nitrogens with two attached hydrogens (primary N) is 1. The number of rotatable bonds is 20. The van der Waals surface area contributed by atoms with Gasteiger partial charge in [-0.1, -0.05) is 43.5 Å². The lowest BCUT2D eigenvalue weighted by Gasteiger charge is -2.16. The second-order valence-electron chi connectivity index (χ2n) is 12.7. The monoisotopic (exact) mass is 643 g/mol. The SMILES string of the molecule is CNCC(C)CCCCCC(=O)CC(=O)C=Cc1cc(OC)c(O)cc1Cc1cnc(N)c(Cc2cc(C)cc(C)c2CCOC)c1. The number of carbonyl (C=O) groups is 2. The van der Waals surface area contributed by atoms with Gasteiger partial charge in [0.25, 0.3) is 0 Å². The highest BCUT2D eigenvalue weighted by molar-refractivity contribution is 6.06. The highest BCUT2D eigenvalue weighted by atomic mass is 16.5. The number of phenolic OH excluding ortho intramolecular Hbond substituents is 1. The van der Waals surface area contributed by atoms with E-state index in [1.54, 1.807) is 31.5 Å². The number of nitrogens with zero attached hydrogens (tertiary/aromatic N) is 1. The predicted octanol–water partition coefficient (Wildman–Crippen LogP) is 6.71.